The summed E-state index contributed by atoms with van der Waals surface area (Å²) in [6, 6.07) is 16.8. The third-order valence-electron chi connectivity index (χ3n) is 6.94. The zero-order chi connectivity index (χ0) is 31.2. The Kier molecular flexibility index (Phi) is 9.81. The van der Waals surface area contributed by atoms with Gasteiger partial charge in [-0.25, -0.2) is 4.39 Å². The molecule has 1 fully saturated rings. The van der Waals surface area contributed by atoms with Crippen molar-refractivity contribution in [3.63, 3.8) is 0 Å². The molecule has 3 aromatic carbocycles. The molecule has 0 saturated carbocycles. The minimum absolute atomic E-state index is 0.0995. The van der Waals surface area contributed by atoms with Crippen LogP contribution < -0.4 is 19.1 Å². The lowest BCUT2D eigenvalue weighted by atomic mass is 9.95. The summed E-state index contributed by atoms with van der Waals surface area (Å²) in [5.41, 5.74) is 1.64. The van der Waals surface area contributed by atoms with Crippen LogP contribution in [-0.2, 0) is 15.3 Å². The number of benzene rings is 3. The molecule has 0 bridgehead atoms. The SMILES string of the molecule is CCCCOc1ccc(/C(O)=C2\C(=O)C(=O)N(c3nnc(SCc4ccc(F)cc4)s3)C2c2ccc(OC)c(OC)c2)cc1. The summed E-state index contributed by atoms with van der Waals surface area (Å²) in [4.78, 5) is 28.4. The summed E-state index contributed by atoms with van der Waals surface area (Å²) < 4.78 is 30.5. The van der Waals surface area contributed by atoms with Crippen LogP contribution in [0.5, 0.6) is 17.2 Å². The summed E-state index contributed by atoms with van der Waals surface area (Å²) in [6.45, 7) is 2.64. The molecular formula is C32H30FN3O6S2. The van der Waals surface area contributed by atoms with Crippen LogP contribution in [0.3, 0.4) is 0 Å². The van der Waals surface area contributed by atoms with Crippen molar-refractivity contribution in [3.8, 4) is 17.2 Å². The van der Waals surface area contributed by atoms with Gasteiger partial charge >= 0.3 is 5.91 Å². The van der Waals surface area contributed by atoms with Gasteiger partial charge < -0.3 is 19.3 Å². The number of carbonyl (C=O) groups excluding carboxylic acids is 2. The Morgan fingerprint density at radius 1 is 1.00 bits per heavy atom. The fourth-order valence-corrected chi connectivity index (χ4v) is 6.47. The number of aliphatic hydroxyl groups is 1. The Hall–Kier alpha value is -4.42. The minimum Gasteiger partial charge on any atom is -0.507 e. The first-order chi connectivity index (χ1) is 21.3. The average Bonchev–Trinajstić information content (AvgIpc) is 3.62. The summed E-state index contributed by atoms with van der Waals surface area (Å²) in [6.07, 6.45) is 1.91. The standard InChI is InChI=1S/C32H30FN3O6S2/c1-4-5-16-42-23-13-8-20(9-14-23)28(37)26-27(21-10-15-24(40-2)25(17-21)41-3)36(30(39)29(26)38)31-34-35-32(44-31)43-18-19-6-11-22(33)12-7-19/h6-15,17,27,37H,4-5,16,18H2,1-3H3/b28-26+. The number of rotatable bonds is 12. The van der Waals surface area contributed by atoms with Gasteiger partial charge in [0.15, 0.2) is 15.8 Å². The van der Waals surface area contributed by atoms with E-state index in [0.717, 1.165) is 29.7 Å². The number of hydrogen-bond acceptors (Lipinski definition) is 10. The lowest BCUT2D eigenvalue weighted by Crippen LogP contribution is -2.29. The molecule has 1 N–H and O–H groups in total. The minimum atomic E-state index is -1.03. The molecule has 228 valence electrons. The molecule has 1 aromatic heterocycles. The number of thioether (sulfide) groups is 1. The lowest BCUT2D eigenvalue weighted by molar-refractivity contribution is -0.132. The Labute approximate surface area is 262 Å². The van der Waals surface area contributed by atoms with Gasteiger partial charge in [0.2, 0.25) is 5.13 Å². The van der Waals surface area contributed by atoms with E-state index < -0.39 is 17.7 Å². The lowest BCUT2D eigenvalue weighted by Gasteiger charge is -2.23. The molecule has 4 aromatic rings. The van der Waals surface area contributed by atoms with Gasteiger partial charge in [-0.05, 0) is 66.1 Å². The van der Waals surface area contributed by atoms with Crippen LogP contribution in [-0.4, -0.2) is 47.8 Å². The van der Waals surface area contributed by atoms with Crippen LogP contribution in [0, 0.1) is 5.82 Å². The van der Waals surface area contributed by atoms with Crippen LogP contribution in [0.2, 0.25) is 0 Å². The molecular weight excluding hydrogens is 605 g/mol. The number of nitrogens with zero attached hydrogens (tertiary/aromatic N) is 3. The van der Waals surface area contributed by atoms with Crippen LogP contribution in [0.4, 0.5) is 9.52 Å². The van der Waals surface area contributed by atoms with Crippen molar-refractivity contribution in [1.29, 1.82) is 0 Å². The average molecular weight is 636 g/mol. The van der Waals surface area contributed by atoms with E-state index in [-0.39, 0.29) is 22.3 Å². The summed E-state index contributed by atoms with van der Waals surface area (Å²) in [5, 5.41) is 20.1. The number of halogens is 1. The van der Waals surface area contributed by atoms with E-state index in [2.05, 4.69) is 17.1 Å². The highest BCUT2D eigenvalue weighted by molar-refractivity contribution is 8.00. The number of hydrogen-bond donors (Lipinski definition) is 1. The number of amides is 1. The van der Waals surface area contributed by atoms with Crippen molar-refractivity contribution in [2.24, 2.45) is 0 Å². The second-order valence-corrected chi connectivity index (χ2v) is 12.0. The summed E-state index contributed by atoms with van der Waals surface area (Å²) in [5.74, 6) is -0.380. The Balaban J connectivity index is 1.53. The van der Waals surface area contributed by atoms with Crippen LogP contribution in [0.15, 0.2) is 76.6 Å². The molecule has 44 heavy (non-hydrogen) atoms. The van der Waals surface area contributed by atoms with Gasteiger partial charge in [0, 0.05) is 11.3 Å². The van der Waals surface area contributed by atoms with E-state index in [0.29, 0.717) is 45.1 Å². The van der Waals surface area contributed by atoms with Crippen molar-refractivity contribution < 1.29 is 33.3 Å². The van der Waals surface area contributed by atoms with Crippen LogP contribution in [0.1, 0.15) is 42.5 Å². The molecule has 1 aliphatic rings. The third kappa shape index (κ3) is 6.56. The maximum absolute atomic E-state index is 13.6. The normalized spacial score (nSPS) is 15.9. The Morgan fingerprint density at radius 2 is 1.73 bits per heavy atom. The number of methoxy groups -OCH3 is 2. The number of ether oxygens (including phenoxy) is 3. The van der Waals surface area contributed by atoms with E-state index in [9.17, 15) is 19.1 Å². The largest absolute Gasteiger partial charge is 0.507 e. The first-order valence-corrected chi connectivity index (χ1v) is 15.6. The molecule has 5 rings (SSSR count). The predicted octanol–water partition coefficient (Wildman–Crippen LogP) is 6.79. The smallest absolute Gasteiger partial charge is 0.301 e. The van der Waals surface area contributed by atoms with E-state index in [4.69, 9.17) is 14.2 Å². The van der Waals surface area contributed by atoms with E-state index in [1.165, 1.54) is 43.0 Å². The summed E-state index contributed by atoms with van der Waals surface area (Å²) >= 11 is 2.51. The number of anilines is 1. The third-order valence-corrected chi connectivity index (χ3v) is 9.07. The molecule has 0 radical (unpaired) electrons. The van der Waals surface area contributed by atoms with Gasteiger partial charge in [0.25, 0.3) is 5.78 Å². The fraction of sp³-hybridized carbons (Fsp3) is 0.250. The van der Waals surface area contributed by atoms with Gasteiger partial charge in [-0.1, -0.05) is 54.6 Å². The molecule has 0 aliphatic carbocycles. The van der Waals surface area contributed by atoms with E-state index in [1.54, 1.807) is 54.6 Å². The molecule has 2 heterocycles. The zero-order valence-corrected chi connectivity index (χ0v) is 25.9. The first-order valence-electron chi connectivity index (χ1n) is 13.8. The molecule has 1 saturated heterocycles. The van der Waals surface area contributed by atoms with Crippen molar-refractivity contribution in [3.05, 3.63) is 94.8 Å². The van der Waals surface area contributed by atoms with Crippen molar-refractivity contribution >= 4 is 45.7 Å². The maximum atomic E-state index is 13.6. The number of aromatic nitrogens is 2. The Bertz CT molecular complexity index is 1670. The highest BCUT2D eigenvalue weighted by Crippen LogP contribution is 2.45. The number of carbonyl (C=O) groups is 2. The van der Waals surface area contributed by atoms with E-state index >= 15 is 0 Å². The summed E-state index contributed by atoms with van der Waals surface area (Å²) in [7, 11) is 2.99. The number of ketones is 1. The second kappa shape index (κ2) is 13.9. The molecule has 1 aliphatic heterocycles. The highest BCUT2D eigenvalue weighted by Gasteiger charge is 2.48. The predicted molar refractivity (Wildman–Crippen MR) is 167 cm³/mol. The number of Topliss-reactive ketones (excluding diaryl/α,β-unsaturated/α-hetero) is 1. The van der Waals surface area contributed by atoms with Gasteiger partial charge in [-0.3, -0.25) is 14.5 Å². The molecule has 1 unspecified atom stereocenters. The molecule has 1 amide bonds. The fourth-order valence-electron chi connectivity index (χ4n) is 4.65. The van der Waals surface area contributed by atoms with Gasteiger partial charge in [-0.15, -0.1) is 10.2 Å². The van der Waals surface area contributed by atoms with Crippen LogP contribution in [0.25, 0.3) is 5.76 Å². The van der Waals surface area contributed by atoms with Gasteiger partial charge in [0.05, 0.1) is 32.4 Å². The van der Waals surface area contributed by atoms with Crippen molar-refractivity contribution in [2.75, 3.05) is 25.7 Å². The number of unbranched alkanes of at least 4 members (excludes halogenated alkanes) is 1. The Morgan fingerprint density at radius 3 is 2.41 bits per heavy atom. The van der Waals surface area contributed by atoms with Crippen molar-refractivity contribution in [1.82, 2.24) is 10.2 Å². The first kappa shape index (κ1) is 31.0. The quantitative estimate of drug-likeness (QED) is 0.0449. The molecule has 1 atom stereocenters. The van der Waals surface area contributed by atoms with Crippen LogP contribution >= 0.6 is 23.1 Å². The second-order valence-electron chi connectivity index (χ2n) is 9.78. The van der Waals surface area contributed by atoms with E-state index in [1.807, 2.05) is 0 Å². The van der Waals surface area contributed by atoms with Gasteiger partial charge in [-0.2, -0.15) is 0 Å². The molecule has 9 nitrogen and oxygen atoms in total. The van der Waals surface area contributed by atoms with Crippen molar-refractivity contribution in [2.45, 2.75) is 35.9 Å². The monoisotopic (exact) mass is 635 g/mol. The highest BCUT2D eigenvalue weighted by atomic mass is 32.2. The zero-order valence-electron chi connectivity index (χ0n) is 24.3. The maximum Gasteiger partial charge on any atom is 0.301 e. The molecule has 0 spiro atoms. The van der Waals surface area contributed by atoms with Gasteiger partial charge in [0.1, 0.15) is 17.3 Å². The topological polar surface area (TPSA) is 111 Å². The molecule has 12 heteroatoms. The number of aliphatic hydroxyl groups excluding tert-OH is 1.